The first-order valence-corrected chi connectivity index (χ1v) is 10.4. The van der Waals surface area contributed by atoms with Gasteiger partial charge in [-0.15, -0.1) is 0 Å². The molecule has 25 heavy (non-hydrogen) atoms. The number of benzene rings is 1. The molecule has 9 nitrogen and oxygen atoms in total. The number of carbonyl (C=O) groups excluding carboxylic acids is 1. The zero-order chi connectivity index (χ0) is 19.0. The van der Waals surface area contributed by atoms with Gasteiger partial charge >= 0.3 is 0 Å². The largest absolute Gasteiger partial charge is 0.497 e. The van der Waals surface area contributed by atoms with Crippen molar-refractivity contribution in [2.24, 2.45) is 0 Å². The quantitative estimate of drug-likeness (QED) is 0.534. The molecule has 2 N–H and O–H groups in total. The lowest BCUT2D eigenvalue weighted by molar-refractivity contribution is -0.134. The standard InChI is InChI=1S/C14H20N2O7S2/c1-14(2)12(13(17)15-18)16(8-9-24(14,19)20)25(21,22)11-6-4-10(23-3)5-7-11/h4-7,12,18H,8-9H2,1-3H3,(H,15,17). The number of ether oxygens (including phenoxy) is 1. The Balaban J connectivity index is 2.55. The molecule has 1 unspecified atom stereocenters. The van der Waals surface area contributed by atoms with Crippen LogP contribution >= 0.6 is 0 Å². The maximum absolute atomic E-state index is 12.9. The molecule has 0 aliphatic carbocycles. The lowest BCUT2D eigenvalue weighted by Gasteiger charge is -2.43. The van der Waals surface area contributed by atoms with E-state index in [-0.39, 0.29) is 4.90 Å². The minimum absolute atomic E-state index is 0.112. The van der Waals surface area contributed by atoms with Crippen molar-refractivity contribution >= 4 is 25.8 Å². The number of hydrogen-bond donors (Lipinski definition) is 2. The molecule has 1 aliphatic heterocycles. The van der Waals surface area contributed by atoms with Gasteiger partial charge in [0.25, 0.3) is 5.91 Å². The molecule has 0 radical (unpaired) electrons. The second kappa shape index (κ2) is 6.56. The molecule has 1 saturated heterocycles. The van der Waals surface area contributed by atoms with Crippen LogP contribution in [-0.2, 0) is 24.7 Å². The highest BCUT2D eigenvalue weighted by Gasteiger charge is 2.55. The Hall–Kier alpha value is -1.69. The van der Waals surface area contributed by atoms with Gasteiger partial charge in [-0.2, -0.15) is 4.31 Å². The maximum atomic E-state index is 12.9. The van der Waals surface area contributed by atoms with Gasteiger partial charge in [-0.25, -0.2) is 22.3 Å². The van der Waals surface area contributed by atoms with Crippen LogP contribution < -0.4 is 10.2 Å². The topological polar surface area (TPSA) is 130 Å². The van der Waals surface area contributed by atoms with Crippen LogP contribution in [0.3, 0.4) is 0 Å². The SMILES string of the molecule is COc1ccc(S(=O)(=O)N2CCS(=O)(=O)C(C)(C)C2C(=O)NO)cc1. The van der Waals surface area contributed by atoms with Crippen LogP contribution in [0.15, 0.2) is 29.2 Å². The van der Waals surface area contributed by atoms with E-state index in [9.17, 15) is 21.6 Å². The molecule has 1 aromatic carbocycles. The minimum Gasteiger partial charge on any atom is -0.497 e. The third-order valence-electron chi connectivity index (χ3n) is 4.35. The van der Waals surface area contributed by atoms with E-state index in [4.69, 9.17) is 9.94 Å². The molecule has 0 bridgehead atoms. The first-order valence-electron chi connectivity index (χ1n) is 7.31. The molecule has 1 aliphatic rings. The van der Waals surface area contributed by atoms with Crippen LogP contribution in [0.1, 0.15) is 13.8 Å². The zero-order valence-electron chi connectivity index (χ0n) is 14.0. The van der Waals surface area contributed by atoms with Crippen LogP contribution in [0, 0.1) is 0 Å². The Kier molecular flexibility index (Phi) is 5.15. The van der Waals surface area contributed by atoms with Crippen molar-refractivity contribution in [1.82, 2.24) is 9.79 Å². The molecule has 1 fully saturated rings. The van der Waals surface area contributed by atoms with Crippen LogP contribution in [0.2, 0.25) is 0 Å². The second-order valence-corrected chi connectivity index (χ2v) is 10.7. The number of hydroxylamine groups is 1. The highest BCUT2D eigenvalue weighted by molar-refractivity contribution is 7.93. The lowest BCUT2D eigenvalue weighted by Crippen LogP contribution is -2.66. The fourth-order valence-electron chi connectivity index (χ4n) is 2.77. The average Bonchev–Trinajstić information content (AvgIpc) is 2.56. The van der Waals surface area contributed by atoms with Crippen molar-refractivity contribution < 1.29 is 31.6 Å². The van der Waals surface area contributed by atoms with Gasteiger partial charge in [0.1, 0.15) is 11.8 Å². The number of nitrogens with zero attached hydrogens (tertiary/aromatic N) is 1. The molecule has 1 amide bonds. The summed E-state index contributed by atoms with van der Waals surface area (Å²) in [5, 5.41) is 8.98. The van der Waals surface area contributed by atoms with Gasteiger partial charge in [-0.05, 0) is 38.1 Å². The number of carbonyl (C=O) groups is 1. The molecule has 1 aromatic rings. The van der Waals surface area contributed by atoms with Gasteiger partial charge in [-0.3, -0.25) is 10.0 Å². The third-order valence-corrected chi connectivity index (χ3v) is 8.78. The third kappa shape index (κ3) is 3.24. The van der Waals surface area contributed by atoms with Crippen molar-refractivity contribution in [2.45, 2.75) is 29.5 Å². The van der Waals surface area contributed by atoms with E-state index < -0.39 is 48.9 Å². The molecular formula is C14H20N2O7S2. The second-order valence-electron chi connectivity index (χ2n) is 6.09. The van der Waals surface area contributed by atoms with E-state index in [1.54, 1.807) is 0 Å². The summed E-state index contributed by atoms with van der Waals surface area (Å²) in [6, 6.07) is 3.89. The van der Waals surface area contributed by atoms with E-state index in [1.807, 2.05) is 0 Å². The Labute approximate surface area is 146 Å². The highest BCUT2D eigenvalue weighted by atomic mass is 32.2. The fourth-order valence-corrected chi connectivity index (χ4v) is 6.21. The molecular weight excluding hydrogens is 372 g/mol. The fraction of sp³-hybridized carbons (Fsp3) is 0.500. The number of sulfonamides is 1. The smallest absolute Gasteiger partial charge is 0.263 e. The minimum atomic E-state index is -4.17. The van der Waals surface area contributed by atoms with Crippen LogP contribution in [0.4, 0.5) is 0 Å². The first-order chi connectivity index (χ1) is 11.5. The Morgan fingerprint density at radius 3 is 2.36 bits per heavy atom. The van der Waals surface area contributed by atoms with Gasteiger partial charge in [0.15, 0.2) is 9.84 Å². The lowest BCUT2D eigenvalue weighted by atomic mass is 10.0. The summed E-state index contributed by atoms with van der Waals surface area (Å²) in [6.45, 7) is 2.13. The van der Waals surface area contributed by atoms with Crippen molar-refractivity contribution in [1.29, 1.82) is 0 Å². The molecule has 1 heterocycles. The monoisotopic (exact) mass is 392 g/mol. The van der Waals surface area contributed by atoms with E-state index in [0.29, 0.717) is 5.75 Å². The summed E-state index contributed by atoms with van der Waals surface area (Å²) in [6.07, 6.45) is 0. The summed E-state index contributed by atoms with van der Waals surface area (Å²) in [4.78, 5) is 12.0. The molecule has 0 saturated carbocycles. The van der Waals surface area contributed by atoms with E-state index >= 15 is 0 Å². The summed E-state index contributed by atoms with van der Waals surface area (Å²) in [7, 11) is -6.49. The van der Waals surface area contributed by atoms with Crippen molar-refractivity contribution in [3.8, 4) is 5.75 Å². The molecule has 0 spiro atoms. The predicted molar refractivity (Wildman–Crippen MR) is 88.5 cm³/mol. The summed E-state index contributed by atoms with van der Waals surface area (Å²) >= 11 is 0. The van der Waals surface area contributed by atoms with E-state index in [1.165, 1.54) is 50.7 Å². The molecule has 0 aromatic heterocycles. The number of nitrogens with one attached hydrogen (secondary N) is 1. The first kappa shape index (κ1) is 19.6. The highest BCUT2D eigenvalue weighted by Crippen LogP contribution is 2.34. The van der Waals surface area contributed by atoms with Gasteiger partial charge in [0, 0.05) is 6.54 Å². The van der Waals surface area contributed by atoms with Gasteiger partial charge in [0.2, 0.25) is 10.0 Å². The number of sulfone groups is 1. The van der Waals surface area contributed by atoms with Gasteiger partial charge in [0.05, 0.1) is 22.5 Å². The van der Waals surface area contributed by atoms with Crippen LogP contribution in [-0.4, -0.2) is 62.5 Å². The van der Waals surface area contributed by atoms with E-state index in [2.05, 4.69) is 0 Å². The van der Waals surface area contributed by atoms with Crippen molar-refractivity contribution in [3.05, 3.63) is 24.3 Å². The predicted octanol–water partition coefficient (Wildman–Crippen LogP) is -0.233. The zero-order valence-corrected chi connectivity index (χ0v) is 15.6. The Morgan fingerprint density at radius 2 is 1.88 bits per heavy atom. The number of hydrogen-bond acceptors (Lipinski definition) is 7. The Bertz CT molecular complexity index is 861. The maximum Gasteiger partial charge on any atom is 0.263 e. The molecule has 11 heteroatoms. The van der Waals surface area contributed by atoms with Gasteiger partial charge in [-0.1, -0.05) is 0 Å². The van der Waals surface area contributed by atoms with Crippen molar-refractivity contribution in [3.63, 3.8) is 0 Å². The number of amides is 1. The number of rotatable bonds is 4. The average molecular weight is 392 g/mol. The molecule has 2 rings (SSSR count). The van der Waals surface area contributed by atoms with Crippen molar-refractivity contribution in [2.75, 3.05) is 19.4 Å². The molecule has 1 atom stereocenters. The molecule has 140 valence electrons. The summed E-state index contributed by atoms with van der Waals surface area (Å²) < 4.78 is 54.6. The Morgan fingerprint density at radius 1 is 1.32 bits per heavy atom. The summed E-state index contributed by atoms with van der Waals surface area (Å²) in [5.41, 5.74) is 1.37. The number of methoxy groups -OCH3 is 1. The van der Waals surface area contributed by atoms with Gasteiger partial charge < -0.3 is 4.74 Å². The van der Waals surface area contributed by atoms with Crippen LogP contribution in [0.25, 0.3) is 0 Å². The van der Waals surface area contributed by atoms with Crippen LogP contribution in [0.5, 0.6) is 5.75 Å². The summed E-state index contributed by atoms with van der Waals surface area (Å²) in [5.74, 6) is -1.08. The van der Waals surface area contributed by atoms with E-state index in [0.717, 1.165) is 4.31 Å². The normalized spacial score (nSPS) is 23.0.